The average Bonchev–Trinajstić information content (AvgIpc) is 2.62. The van der Waals surface area contributed by atoms with Crippen molar-refractivity contribution in [2.24, 2.45) is 5.10 Å². The van der Waals surface area contributed by atoms with E-state index in [4.69, 9.17) is 9.47 Å². The van der Waals surface area contributed by atoms with Gasteiger partial charge in [-0.15, -0.1) is 0 Å². The Labute approximate surface area is 142 Å². The molecule has 1 amide bonds. The highest BCUT2D eigenvalue weighted by atomic mass is 16.5. The lowest BCUT2D eigenvalue weighted by atomic mass is 10.2. The van der Waals surface area contributed by atoms with E-state index in [0.717, 1.165) is 18.5 Å². The largest absolute Gasteiger partial charge is 0.497 e. The molecule has 0 bridgehead atoms. The Morgan fingerprint density at radius 3 is 2.54 bits per heavy atom. The molecule has 0 aliphatic carbocycles. The molecular formula is C17H22N4O3. The van der Waals surface area contributed by atoms with Gasteiger partial charge in [-0.3, -0.25) is 9.69 Å². The molecule has 0 fully saturated rings. The fraction of sp³-hybridized carbons (Fsp3) is 0.471. The Morgan fingerprint density at radius 2 is 2.00 bits per heavy atom. The van der Waals surface area contributed by atoms with Crippen LogP contribution in [0.15, 0.2) is 29.4 Å². The van der Waals surface area contributed by atoms with Gasteiger partial charge < -0.3 is 9.47 Å². The van der Waals surface area contributed by atoms with Gasteiger partial charge in [-0.05, 0) is 37.6 Å². The van der Waals surface area contributed by atoms with E-state index >= 15 is 0 Å². The molecule has 24 heavy (non-hydrogen) atoms. The number of carbonyl (C=O) groups excluding carboxylic acids is 1. The van der Waals surface area contributed by atoms with Crippen molar-refractivity contribution in [3.05, 3.63) is 24.3 Å². The van der Waals surface area contributed by atoms with Crippen molar-refractivity contribution in [2.45, 2.75) is 33.0 Å². The summed E-state index contributed by atoms with van der Waals surface area (Å²) in [4.78, 5) is 14.0. The van der Waals surface area contributed by atoms with Crippen LogP contribution in [0, 0.1) is 11.3 Å². The molecule has 1 heterocycles. The van der Waals surface area contributed by atoms with E-state index in [-0.39, 0.29) is 5.71 Å². The van der Waals surface area contributed by atoms with Gasteiger partial charge >= 0.3 is 0 Å². The van der Waals surface area contributed by atoms with Gasteiger partial charge in [0, 0.05) is 13.2 Å². The molecule has 0 saturated carbocycles. The van der Waals surface area contributed by atoms with Gasteiger partial charge in [0.25, 0.3) is 5.91 Å². The first-order valence-corrected chi connectivity index (χ1v) is 8.00. The zero-order chi connectivity index (χ0) is 17.5. The Bertz CT molecular complexity index is 636. The highest BCUT2D eigenvalue weighted by Gasteiger charge is 2.37. The SMILES string of the molecule is CCCCN1C(=O)C(C#N)=NN(c2ccc(OC)cc2)[C@@H]1OCC. The minimum atomic E-state index is -0.667. The third-order valence-electron chi connectivity index (χ3n) is 3.66. The summed E-state index contributed by atoms with van der Waals surface area (Å²) in [6, 6.07) is 9.11. The summed E-state index contributed by atoms with van der Waals surface area (Å²) >= 11 is 0. The van der Waals surface area contributed by atoms with Crippen LogP contribution in [0.25, 0.3) is 0 Å². The number of nitriles is 1. The Balaban J connectivity index is 2.41. The van der Waals surface area contributed by atoms with E-state index < -0.39 is 12.3 Å². The Kier molecular flexibility index (Phi) is 6.15. The minimum Gasteiger partial charge on any atom is -0.497 e. The molecule has 2 rings (SSSR count). The van der Waals surface area contributed by atoms with E-state index in [1.54, 1.807) is 29.2 Å². The number of anilines is 1. The molecule has 1 aromatic carbocycles. The lowest BCUT2D eigenvalue weighted by Crippen LogP contribution is -2.57. The quantitative estimate of drug-likeness (QED) is 0.767. The van der Waals surface area contributed by atoms with Crippen LogP contribution in [0.1, 0.15) is 26.7 Å². The fourth-order valence-electron chi connectivity index (χ4n) is 2.41. The van der Waals surface area contributed by atoms with Crippen LogP contribution in [0.5, 0.6) is 5.75 Å². The maximum Gasteiger partial charge on any atom is 0.288 e. The van der Waals surface area contributed by atoms with Crippen LogP contribution in [0.2, 0.25) is 0 Å². The van der Waals surface area contributed by atoms with Crippen molar-refractivity contribution in [1.82, 2.24) is 4.90 Å². The number of methoxy groups -OCH3 is 1. The zero-order valence-electron chi connectivity index (χ0n) is 14.2. The molecule has 7 heteroatoms. The monoisotopic (exact) mass is 330 g/mol. The first-order valence-electron chi connectivity index (χ1n) is 8.00. The number of unbranched alkanes of at least 4 members (excludes halogenated alkanes) is 1. The summed E-state index contributed by atoms with van der Waals surface area (Å²) in [5.41, 5.74) is 0.578. The third-order valence-corrected chi connectivity index (χ3v) is 3.66. The van der Waals surface area contributed by atoms with Crippen LogP contribution in [0.4, 0.5) is 5.69 Å². The minimum absolute atomic E-state index is 0.141. The van der Waals surface area contributed by atoms with Gasteiger partial charge in [-0.25, -0.2) is 5.01 Å². The van der Waals surface area contributed by atoms with E-state index in [0.29, 0.717) is 18.9 Å². The lowest BCUT2D eigenvalue weighted by molar-refractivity contribution is -0.140. The number of hydrogen-bond donors (Lipinski definition) is 0. The van der Waals surface area contributed by atoms with Crippen LogP contribution in [-0.4, -0.2) is 43.1 Å². The Morgan fingerprint density at radius 1 is 1.29 bits per heavy atom. The fourth-order valence-corrected chi connectivity index (χ4v) is 2.41. The molecule has 1 aliphatic heterocycles. The number of amides is 1. The highest BCUT2D eigenvalue weighted by Crippen LogP contribution is 2.26. The molecule has 0 spiro atoms. The van der Waals surface area contributed by atoms with E-state index in [9.17, 15) is 10.1 Å². The van der Waals surface area contributed by atoms with Crippen molar-refractivity contribution in [1.29, 1.82) is 5.26 Å². The van der Waals surface area contributed by atoms with E-state index in [1.165, 1.54) is 0 Å². The second kappa shape index (κ2) is 8.31. The van der Waals surface area contributed by atoms with Crippen molar-refractivity contribution < 1.29 is 14.3 Å². The van der Waals surface area contributed by atoms with Gasteiger partial charge in [-0.1, -0.05) is 13.3 Å². The third kappa shape index (κ3) is 3.66. The molecule has 1 aliphatic rings. The predicted octanol–water partition coefficient (Wildman–Crippen LogP) is 2.34. The summed E-state index contributed by atoms with van der Waals surface area (Å²) in [6.07, 6.45) is 1.09. The van der Waals surface area contributed by atoms with Gasteiger partial charge in [0.05, 0.1) is 12.8 Å². The first kappa shape index (κ1) is 17.8. The van der Waals surface area contributed by atoms with Crippen molar-refractivity contribution in [2.75, 3.05) is 25.3 Å². The molecule has 0 N–H and O–H groups in total. The standard InChI is InChI=1S/C17H22N4O3/c1-4-6-11-20-16(22)15(12-18)19-21(17(20)24-5-2)13-7-9-14(23-3)10-8-13/h7-10,17H,4-6,11H2,1-3H3/t17-/m1/s1. The van der Waals surface area contributed by atoms with E-state index in [1.807, 2.05) is 32.0 Å². The lowest BCUT2D eigenvalue weighted by Gasteiger charge is -2.40. The molecule has 1 atom stereocenters. The topological polar surface area (TPSA) is 78.2 Å². The molecule has 1 aromatic rings. The number of hydrogen-bond acceptors (Lipinski definition) is 6. The molecule has 0 saturated heterocycles. The highest BCUT2D eigenvalue weighted by molar-refractivity contribution is 6.45. The number of hydrazone groups is 1. The molecule has 7 nitrogen and oxygen atoms in total. The van der Waals surface area contributed by atoms with Crippen molar-refractivity contribution >= 4 is 17.3 Å². The van der Waals surface area contributed by atoms with Crippen LogP contribution >= 0.6 is 0 Å². The summed E-state index contributed by atoms with van der Waals surface area (Å²) < 4.78 is 10.9. The molecule has 0 aromatic heterocycles. The van der Waals surface area contributed by atoms with Crippen molar-refractivity contribution in [3.8, 4) is 11.8 Å². The van der Waals surface area contributed by atoms with E-state index in [2.05, 4.69) is 5.10 Å². The number of ether oxygens (including phenoxy) is 2. The first-order chi connectivity index (χ1) is 11.7. The maximum absolute atomic E-state index is 12.5. The molecule has 0 radical (unpaired) electrons. The van der Waals surface area contributed by atoms with Crippen molar-refractivity contribution in [3.63, 3.8) is 0 Å². The summed E-state index contributed by atoms with van der Waals surface area (Å²) in [5.74, 6) is 0.321. The summed E-state index contributed by atoms with van der Waals surface area (Å²) in [7, 11) is 1.59. The van der Waals surface area contributed by atoms with Gasteiger partial charge in [0.15, 0.2) is 0 Å². The Hall–Kier alpha value is -2.59. The number of carbonyl (C=O) groups is 1. The van der Waals surface area contributed by atoms with Gasteiger partial charge in [0.2, 0.25) is 12.1 Å². The average molecular weight is 330 g/mol. The molecular weight excluding hydrogens is 308 g/mol. The number of rotatable bonds is 7. The molecule has 128 valence electrons. The summed E-state index contributed by atoms with van der Waals surface area (Å²) in [5, 5.41) is 15.0. The second-order valence-electron chi connectivity index (χ2n) is 5.24. The second-order valence-corrected chi connectivity index (χ2v) is 5.24. The molecule has 0 unspecified atom stereocenters. The number of nitrogens with zero attached hydrogens (tertiary/aromatic N) is 4. The zero-order valence-corrected chi connectivity index (χ0v) is 14.2. The summed E-state index contributed by atoms with van der Waals surface area (Å²) in [6.45, 7) is 4.83. The normalized spacial score (nSPS) is 17.5. The van der Waals surface area contributed by atoms with Crippen LogP contribution in [-0.2, 0) is 9.53 Å². The smallest absolute Gasteiger partial charge is 0.288 e. The van der Waals surface area contributed by atoms with Gasteiger partial charge in [-0.2, -0.15) is 10.4 Å². The predicted molar refractivity (Wildman–Crippen MR) is 90.6 cm³/mol. The van der Waals surface area contributed by atoms with Crippen LogP contribution < -0.4 is 9.75 Å². The van der Waals surface area contributed by atoms with Gasteiger partial charge in [0.1, 0.15) is 11.8 Å². The van der Waals surface area contributed by atoms with Crippen LogP contribution in [0.3, 0.4) is 0 Å². The maximum atomic E-state index is 12.5. The number of benzene rings is 1.